The van der Waals surface area contributed by atoms with Crippen LogP contribution in [0.25, 0.3) is 0 Å². The van der Waals surface area contributed by atoms with Crippen LogP contribution in [0.2, 0.25) is 0 Å². The topological polar surface area (TPSA) is 38.3 Å². The van der Waals surface area contributed by atoms with Gasteiger partial charge < -0.3 is 10.1 Å². The van der Waals surface area contributed by atoms with Crippen molar-refractivity contribution in [1.82, 2.24) is 5.32 Å². The number of amides is 1. The second kappa shape index (κ2) is 7.32. The number of hydrogen-bond acceptors (Lipinski definition) is 2. The highest BCUT2D eigenvalue weighted by Crippen LogP contribution is 2.24. The van der Waals surface area contributed by atoms with Crippen LogP contribution in [0.5, 0.6) is 5.75 Å². The third-order valence-corrected chi connectivity index (χ3v) is 3.55. The molecule has 20 heavy (non-hydrogen) atoms. The van der Waals surface area contributed by atoms with Gasteiger partial charge in [0, 0.05) is 6.04 Å². The van der Waals surface area contributed by atoms with E-state index in [9.17, 15) is 4.79 Å². The molecule has 0 aliphatic heterocycles. The van der Waals surface area contributed by atoms with E-state index in [0.29, 0.717) is 0 Å². The predicted octanol–water partition coefficient (Wildman–Crippen LogP) is 3.68. The van der Waals surface area contributed by atoms with Gasteiger partial charge in [-0.1, -0.05) is 19.4 Å². The molecule has 1 N–H and O–H groups in total. The fraction of sp³-hybridized carbons (Fsp3) is 0.588. The van der Waals surface area contributed by atoms with Gasteiger partial charge in [0.1, 0.15) is 5.75 Å². The quantitative estimate of drug-likeness (QED) is 0.861. The van der Waals surface area contributed by atoms with Gasteiger partial charge in [-0.2, -0.15) is 0 Å². The summed E-state index contributed by atoms with van der Waals surface area (Å²) in [7, 11) is 0. The van der Waals surface area contributed by atoms with E-state index in [0.717, 1.165) is 29.7 Å². The molecule has 0 aliphatic carbocycles. The molecular formula is C17H27NO2. The Morgan fingerprint density at radius 3 is 2.50 bits per heavy atom. The smallest absolute Gasteiger partial charge is 0.260 e. The van der Waals surface area contributed by atoms with Crippen molar-refractivity contribution in [3.05, 3.63) is 28.8 Å². The number of aryl methyl sites for hydroxylation is 2. The summed E-state index contributed by atoms with van der Waals surface area (Å²) in [5.41, 5.74) is 3.43. The summed E-state index contributed by atoms with van der Waals surface area (Å²) >= 11 is 0. The van der Waals surface area contributed by atoms with Gasteiger partial charge in [0.15, 0.2) is 6.10 Å². The molecule has 0 spiro atoms. The zero-order valence-corrected chi connectivity index (χ0v) is 13.5. The SMILES string of the molecule is CCC[C@@H](C)NC(=O)[C@@H](C)Oc1cc(C)cc(C)c1C. The molecule has 112 valence electrons. The van der Waals surface area contributed by atoms with Crippen molar-refractivity contribution in [3.8, 4) is 5.75 Å². The van der Waals surface area contributed by atoms with Gasteiger partial charge in [-0.05, 0) is 63.8 Å². The van der Waals surface area contributed by atoms with E-state index >= 15 is 0 Å². The van der Waals surface area contributed by atoms with Crippen molar-refractivity contribution in [2.45, 2.75) is 66.5 Å². The maximum Gasteiger partial charge on any atom is 0.260 e. The zero-order chi connectivity index (χ0) is 15.3. The van der Waals surface area contributed by atoms with Crippen molar-refractivity contribution in [1.29, 1.82) is 0 Å². The van der Waals surface area contributed by atoms with Crippen LogP contribution in [0.3, 0.4) is 0 Å². The number of ether oxygens (including phenoxy) is 1. The Labute approximate surface area is 122 Å². The molecular weight excluding hydrogens is 250 g/mol. The third-order valence-electron chi connectivity index (χ3n) is 3.55. The Hall–Kier alpha value is -1.51. The number of carbonyl (C=O) groups is 1. The van der Waals surface area contributed by atoms with Gasteiger partial charge in [-0.25, -0.2) is 0 Å². The molecule has 0 unspecified atom stereocenters. The van der Waals surface area contributed by atoms with E-state index in [1.807, 2.05) is 26.8 Å². The number of rotatable bonds is 6. The van der Waals surface area contributed by atoms with Crippen LogP contribution in [0.1, 0.15) is 50.3 Å². The lowest BCUT2D eigenvalue weighted by Crippen LogP contribution is -2.41. The molecule has 1 amide bonds. The van der Waals surface area contributed by atoms with Gasteiger partial charge in [-0.15, -0.1) is 0 Å². The molecule has 0 saturated heterocycles. The molecule has 0 fully saturated rings. The summed E-state index contributed by atoms with van der Waals surface area (Å²) in [4.78, 5) is 12.1. The molecule has 1 aromatic carbocycles. The van der Waals surface area contributed by atoms with Gasteiger partial charge in [0.05, 0.1) is 0 Å². The van der Waals surface area contributed by atoms with Crippen LogP contribution in [-0.4, -0.2) is 18.1 Å². The minimum Gasteiger partial charge on any atom is -0.481 e. The van der Waals surface area contributed by atoms with Crippen molar-refractivity contribution in [2.75, 3.05) is 0 Å². The first-order chi connectivity index (χ1) is 9.35. The van der Waals surface area contributed by atoms with Crippen molar-refractivity contribution in [3.63, 3.8) is 0 Å². The first-order valence-electron chi connectivity index (χ1n) is 7.40. The summed E-state index contributed by atoms with van der Waals surface area (Å²) in [6, 6.07) is 4.30. The highest BCUT2D eigenvalue weighted by Gasteiger charge is 2.17. The van der Waals surface area contributed by atoms with Crippen LogP contribution in [0.15, 0.2) is 12.1 Å². The van der Waals surface area contributed by atoms with Gasteiger partial charge in [-0.3, -0.25) is 4.79 Å². The van der Waals surface area contributed by atoms with E-state index in [4.69, 9.17) is 4.74 Å². The minimum absolute atomic E-state index is 0.0514. The van der Waals surface area contributed by atoms with E-state index in [-0.39, 0.29) is 11.9 Å². The van der Waals surface area contributed by atoms with Crippen molar-refractivity contribution < 1.29 is 9.53 Å². The lowest BCUT2D eigenvalue weighted by atomic mass is 10.1. The molecule has 0 aliphatic rings. The first-order valence-corrected chi connectivity index (χ1v) is 7.40. The zero-order valence-electron chi connectivity index (χ0n) is 13.5. The summed E-state index contributed by atoms with van der Waals surface area (Å²) in [6.07, 6.45) is 1.57. The maximum absolute atomic E-state index is 12.1. The van der Waals surface area contributed by atoms with Crippen LogP contribution in [0.4, 0.5) is 0 Å². The highest BCUT2D eigenvalue weighted by atomic mass is 16.5. The van der Waals surface area contributed by atoms with E-state index < -0.39 is 6.10 Å². The van der Waals surface area contributed by atoms with Crippen LogP contribution >= 0.6 is 0 Å². The highest BCUT2D eigenvalue weighted by molar-refractivity contribution is 5.81. The number of benzene rings is 1. The predicted molar refractivity (Wildman–Crippen MR) is 83.3 cm³/mol. The Kier molecular flexibility index (Phi) is 6.05. The van der Waals surface area contributed by atoms with E-state index in [1.165, 1.54) is 5.56 Å². The average molecular weight is 277 g/mol. The monoisotopic (exact) mass is 277 g/mol. The molecule has 3 nitrogen and oxygen atoms in total. The summed E-state index contributed by atoms with van der Waals surface area (Å²) < 4.78 is 5.84. The molecule has 0 radical (unpaired) electrons. The van der Waals surface area contributed by atoms with Gasteiger partial charge in [0.25, 0.3) is 5.91 Å². The van der Waals surface area contributed by atoms with Crippen molar-refractivity contribution in [2.24, 2.45) is 0 Å². The Morgan fingerprint density at radius 2 is 1.90 bits per heavy atom. The average Bonchev–Trinajstić information content (AvgIpc) is 2.35. The van der Waals surface area contributed by atoms with E-state index in [2.05, 4.69) is 25.2 Å². The Morgan fingerprint density at radius 1 is 1.25 bits per heavy atom. The summed E-state index contributed by atoms with van der Waals surface area (Å²) in [5.74, 6) is 0.748. The molecule has 3 heteroatoms. The lowest BCUT2D eigenvalue weighted by molar-refractivity contribution is -0.127. The van der Waals surface area contributed by atoms with Crippen LogP contribution in [0, 0.1) is 20.8 Å². The summed E-state index contributed by atoms with van der Waals surface area (Å²) in [6.45, 7) is 12.0. The first kappa shape index (κ1) is 16.5. The molecule has 0 heterocycles. The maximum atomic E-state index is 12.1. The molecule has 1 aromatic rings. The molecule has 0 saturated carbocycles. The Balaban J connectivity index is 2.71. The molecule has 0 aromatic heterocycles. The van der Waals surface area contributed by atoms with Gasteiger partial charge in [0.2, 0.25) is 0 Å². The van der Waals surface area contributed by atoms with E-state index in [1.54, 1.807) is 6.92 Å². The fourth-order valence-electron chi connectivity index (χ4n) is 2.23. The summed E-state index contributed by atoms with van der Waals surface area (Å²) in [5, 5.41) is 2.99. The normalized spacial score (nSPS) is 13.7. The largest absolute Gasteiger partial charge is 0.481 e. The number of carbonyl (C=O) groups excluding carboxylic acids is 1. The second-order valence-electron chi connectivity index (χ2n) is 5.66. The van der Waals surface area contributed by atoms with Crippen LogP contribution < -0.4 is 10.1 Å². The molecule has 1 rings (SSSR count). The fourth-order valence-corrected chi connectivity index (χ4v) is 2.23. The lowest BCUT2D eigenvalue weighted by Gasteiger charge is -2.20. The van der Waals surface area contributed by atoms with Gasteiger partial charge >= 0.3 is 0 Å². The Bertz CT molecular complexity index is 468. The minimum atomic E-state index is -0.478. The molecule has 0 bridgehead atoms. The second-order valence-corrected chi connectivity index (χ2v) is 5.66. The van der Waals surface area contributed by atoms with Crippen molar-refractivity contribution >= 4 is 5.91 Å². The third kappa shape index (κ3) is 4.55. The standard InChI is InChI=1S/C17H27NO2/c1-7-8-13(4)18-17(19)15(6)20-16-10-11(2)9-12(3)14(16)5/h9-10,13,15H,7-8H2,1-6H3,(H,18,19)/t13-,15-/m1/s1. The number of hydrogen-bond donors (Lipinski definition) is 1. The molecule has 2 atom stereocenters. The van der Waals surface area contributed by atoms with Crippen LogP contribution in [-0.2, 0) is 4.79 Å². The number of nitrogens with one attached hydrogen (secondary N) is 1.